The maximum Gasteiger partial charge on any atom is 0.251 e. The van der Waals surface area contributed by atoms with E-state index in [0.29, 0.717) is 6.54 Å². The van der Waals surface area contributed by atoms with Crippen LogP contribution in [0.25, 0.3) is 5.57 Å². The Labute approximate surface area is 189 Å². The van der Waals surface area contributed by atoms with E-state index in [1.54, 1.807) is 10.6 Å². The zero-order chi connectivity index (χ0) is 20.5. The van der Waals surface area contributed by atoms with Gasteiger partial charge in [0, 0.05) is 40.9 Å². The van der Waals surface area contributed by atoms with Crippen LogP contribution in [0.2, 0.25) is 0 Å². The summed E-state index contributed by atoms with van der Waals surface area (Å²) in [7, 11) is 0. The molecule has 2 aliphatic rings. The first-order valence-electron chi connectivity index (χ1n) is 10.1. The summed E-state index contributed by atoms with van der Waals surface area (Å²) in [6.45, 7) is 3.84. The van der Waals surface area contributed by atoms with Crippen LogP contribution in [0.3, 0.4) is 0 Å². The Balaban J connectivity index is 1.41. The molecule has 0 radical (unpaired) electrons. The Hall–Kier alpha value is -2.45. The molecule has 0 saturated carbocycles. The fraction of sp³-hybridized carbons (Fsp3) is 0.250. The van der Waals surface area contributed by atoms with Crippen LogP contribution in [0.1, 0.15) is 22.4 Å². The highest BCUT2D eigenvalue weighted by Crippen LogP contribution is 2.33. The summed E-state index contributed by atoms with van der Waals surface area (Å²) in [5, 5.41) is 0. The van der Waals surface area contributed by atoms with Crippen molar-refractivity contribution < 1.29 is 4.74 Å². The Morgan fingerprint density at radius 1 is 1.07 bits per heavy atom. The normalized spacial score (nSPS) is 15.8. The molecule has 0 atom stereocenters. The molecular formula is C24H22IN3O2. The fourth-order valence-corrected chi connectivity index (χ4v) is 4.41. The first-order valence-corrected chi connectivity index (χ1v) is 11.2. The lowest BCUT2D eigenvalue weighted by Crippen LogP contribution is -2.36. The SMILES string of the molecule is O=c1cc(C2=CCc3ncc(N4CCOCC4)cc32)ccn1Cc1ccc(I)cc1. The average Bonchev–Trinajstić information content (AvgIpc) is 3.20. The first-order chi connectivity index (χ1) is 14.7. The van der Waals surface area contributed by atoms with Crippen molar-refractivity contribution in [2.75, 3.05) is 31.2 Å². The Morgan fingerprint density at radius 3 is 2.63 bits per heavy atom. The number of hydrogen-bond donors (Lipinski definition) is 0. The van der Waals surface area contributed by atoms with E-state index in [9.17, 15) is 4.79 Å². The van der Waals surface area contributed by atoms with Crippen molar-refractivity contribution in [1.82, 2.24) is 9.55 Å². The highest BCUT2D eigenvalue weighted by Gasteiger charge is 2.20. The van der Waals surface area contributed by atoms with Gasteiger partial charge in [-0.2, -0.15) is 0 Å². The van der Waals surface area contributed by atoms with E-state index in [2.05, 4.69) is 63.9 Å². The monoisotopic (exact) mass is 511 g/mol. The highest BCUT2D eigenvalue weighted by molar-refractivity contribution is 14.1. The Bertz CT molecular complexity index is 1160. The lowest BCUT2D eigenvalue weighted by atomic mass is 10.0. The van der Waals surface area contributed by atoms with Gasteiger partial charge in [0.25, 0.3) is 5.56 Å². The molecule has 1 fully saturated rings. The molecule has 0 amide bonds. The van der Waals surface area contributed by atoms with Crippen LogP contribution in [0.4, 0.5) is 5.69 Å². The van der Waals surface area contributed by atoms with E-state index in [1.165, 1.54) is 3.57 Å². The molecule has 3 aromatic rings. The second kappa shape index (κ2) is 8.35. The third-order valence-corrected chi connectivity index (χ3v) is 6.41. The lowest BCUT2D eigenvalue weighted by molar-refractivity contribution is 0.122. The number of halogens is 1. The number of ether oxygens (including phenoxy) is 1. The maximum absolute atomic E-state index is 12.8. The minimum atomic E-state index is 0.0118. The molecule has 0 N–H and O–H groups in total. The maximum atomic E-state index is 12.8. The number of fused-ring (bicyclic) bond motifs is 1. The molecule has 0 spiro atoms. The molecule has 1 aliphatic heterocycles. The van der Waals surface area contributed by atoms with Crippen molar-refractivity contribution in [3.8, 4) is 0 Å². The van der Waals surface area contributed by atoms with Gasteiger partial charge in [0.05, 0.1) is 37.3 Å². The first kappa shape index (κ1) is 19.5. The number of aromatic nitrogens is 2. The van der Waals surface area contributed by atoms with Gasteiger partial charge in [-0.15, -0.1) is 0 Å². The number of nitrogens with zero attached hydrogens (tertiary/aromatic N) is 3. The van der Waals surface area contributed by atoms with Crippen LogP contribution >= 0.6 is 22.6 Å². The predicted molar refractivity (Wildman–Crippen MR) is 127 cm³/mol. The summed E-state index contributed by atoms with van der Waals surface area (Å²) in [6, 6.07) is 14.3. The summed E-state index contributed by atoms with van der Waals surface area (Å²) in [4.78, 5) is 19.8. The zero-order valence-electron chi connectivity index (χ0n) is 16.6. The third-order valence-electron chi connectivity index (χ3n) is 5.69. The third kappa shape index (κ3) is 3.94. The molecule has 1 aliphatic carbocycles. The van der Waals surface area contributed by atoms with E-state index in [1.807, 2.05) is 18.5 Å². The largest absolute Gasteiger partial charge is 0.378 e. The van der Waals surface area contributed by atoms with Gasteiger partial charge in [-0.1, -0.05) is 18.2 Å². The zero-order valence-corrected chi connectivity index (χ0v) is 18.7. The van der Waals surface area contributed by atoms with Crippen molar-refractivity contribution in [3.63, 3.8) is 0 Å². The van der Waals surface area contributed by atoms with Gasteiger partial charge in [-0.3, -0.25) is 9.78 Å². The molecule has 5 nitrogen and oxygen atoms in total. The second-order valence-corrected chi connectivity index (χ2v) is 8.86. The van der Waals surface area contributed by atoms with Crippen molar-refractivity contribution in [3.05, 3.63) is 97.2 Å². The summed E-state index contributed by atoms with van der Waals surface area (Å²) in [5.41, 5.74) is 6.52. The molecule has 0 unspecified atom stereocenters. The van der Waals surface area contributed by atoms with E-state index in [-0.39, 0.29) is 5.56 Å². The molecular weight excluding hydrogens is 489 g/mol. The summed E-state index contributed by atoms with van der Waals surface area (Å²) < 4.78 is 8.41. The van der Waals surface area contributed by atoms with Crippen molar-refractivity contribution in [1.29, 1.82) is 0 Å². The molecule has 0 bridgehead atoms. The average molecular weight is 511 g/mol. The molecule has 152 valence electrons. The van der Waals surface area contributed by atoms with Gasteiger partial charge >= 0.3 is 0 Å². The Kier molecular flexibility index (Phi) is 5.43. The standard InChI is InChI=1S/C24H22IN3O2/c25-19-3-1-17(2-4-19)16-28-8-7-18(13-24(28)29)21-5-6-23-22(21)14-20(15-26-23)27-9-11-30-12-10-27/h1-5,7-8,13-15H,6,9-12,16H2. The van der Waals surface area contributed by atoms with Crippen LogP contribution in [0.5, 0.6) is 0 Å². The summed E-state index contributed by atoms with van der Waals surface area (Å²) in [5.74, 6) is 0. The molecule has 3 heterocycles. The summed E-state index contributed by atoms with van der Waals surface area (Å²) in [6.07, 6.45) is 6.84. The number of anilines is 1. The lowest BCUT2D eigenvalue weighted by Gasteiger charge is -2.29. The number of allylic oxidation sites excluding steroid dienone is 1. The minimum Gasteiger partial charge on any atom is -0.378 e. The topological polar surface area (TPSA) is 47.4 Å². The van der Waals surface area contributed by atoms with E-state index >= 15 is 0 Å². The number of benzene rings is 1. The molecule has 2 aromatic heterocycles. The summed E-state index contributed by atoms with van der Waals surface area (Å²) >= 11 is 2.29. The van der Waals surface area contributed by atoms with Crippen LogP contribution in [0.15, 0.2) is 65.7 Å². The van der Waals surface area contributed by atoms with Crippen molar-refractivity contribution >= 4 is 33.9 Å². The van der Waals surface area contributed by atoms with E-state index in [4.69, 9.17) is 9.72 Å². The van der Waals surface area contributed by atoms with Gasteiger partial charge in [-0.05, 0) is 63.6 Å². The minimum absolute atomic E-state index is 0.0118. The smallest absolute Gasteiger partial charge is 0.251 e. The van der Waals surface area contributed by atoms with Crippen molar-refractivity contribution in [2.24, 2.45) is 0 Å². The highest BCUT2D eigenvalue weighted by atomic mass is 127. The van der Waals surface area contributed by atoms with Crippen LogP contribution in [-0.4, -0.2) is 35.9 Å². The van der Waals surface area contributed by atoms with E-state index < -0.39 is 0 Å². The fourth-order valence-electron chi connectivity index (χ4n) is 4.05. The predicted octanol–water partition coefficient (Wildman–Crippen LogP) is 3.72. The molecule has 6 heteroatoms. The Morgan fingerprint density at radius 2 is 1.87 bits per heavy atom. The molecule has 30 heavy (non-hydrogen) atoms. The van der Waals surface area contributed by atoms with E-state index in [0.717, 1.165) is 66.4 Å². The van der Waals surface area contributed by atoms with Crippen LogP contribution in [-0.2, 0) is 17.7 Å². The molecule has 1 aromatic carbocycles. The number of morpholine rings is 1. The molecule has 1 saturated heterocycles. The van der Waals surface area contributed by atoms with Gasteiger partial charge in [0.1, 0.15) is 0 Å². The second-order valence-electron chi connectivity index (χ2n) is 7.62. The van der Waals surface area contributed by atoms with Gasteiger partial charge < -0.3 is 14.2 Å². The number of pyridine rings is 2. The van der Waals surface area contributed by atoms with Crippen molar-refractivity contribution in [2.45, 2.75) is 13.0 Å². The van der Waals surface area contributed by atoms with Gasteiger partial charge in [0.15, 0.2) is 0 Å². The van der Waals surface area contributed by atoms with Gasteiger partial charge in [-0.25, -0.2) is 0 Å². The molecule has 5 rings (SSSR count). The van der Waals surface area contributed by atoms with Gasteiger partial charge in [0.2, 0.25) is 0 Å². The van der Waals surface area contributed by atoms with Crippen LogP contribution < -0.4 is 10.5 Å². The quantitative estimate of drug-likeness (QED) is 0.502. The van der Waals surface area contributed by atoms with Crippen LogP contribution in [0, 0.1) is 3.57 Å². The number of rotatable bonds is 4. The number of hydrogen-bond acceptors (Lipinski definition) is 4.